The van der Waals surface area contributed by atoms with Gasteiger partial charge in [-0.2, -0.15) is 0 Å². The molecule has 0 aromatic carbocycles. The molecule has 0 amide bonds. The van der Waals surface area contributed by atoms with Crippen LogP contribution in [0.5, 0.6) is 0 Å². The summed E-state index contributed by atoms with van der Waals surface area (Å²) in [6.07, 6.45) is 2.41. The topological polar surface area (TPSA) is 40.5 Å². The highest BCUT2D eigenvalue weighted by Crippen LogP contribution is 2.26. The lowest BCUT2D eigenvalue weighted by atomic mass is 10.1. The molecule has 0 bridgehead atoms. The van der Waals surface area contributed by atoms with Crippen LogP contribution < -0.4 is 0 Å². The van der Waals surface area contributed by atoms with Gasteiger partial charge in [-0.25, -0.2) is 0 Å². The number of aryl methyl sites for hydroxylation is 1. The second kappa shape index (κ2) is 4.97. The van der Waals surface area contributed by atoms with Gasteiger partial charge < -0.3 is 10.0 Å². The highest BCUT2D eigenvalue weighted by Gasteiger charge is 2.25. The summed E-state index contributed by atoms with van der Waals surface area (Å²) in [7, 11) is 0. The minimum atomic E-state index is -0.700. The summed E-state index contributed by atoms with van der Waals surface area (Å²) in [5.74, 6) is -1.05. The number of rotatable bonds is 4. The van der Waals surface area contributed by atoms with Crippen LogP contribution >= 0.6 is 11.3 Å². The molecule has 0 saturated carbocycles. The first-order valence-electron chi connectivity index (χ1n) is 5.68. The molecule has 16 heavy (non-hydrogen) atoms. The maximum absolute atomic E-state index is 11.3. The van der Waals surface area contributed by atoms with Crippen molar-refractivity contribution in [3.8, 4) is 0 Å². The Labute approximate surface area is 99.7 Å². The second-order valence-corrected chi connectivity index (χ2v) is 5.67. The van der Waals surface area contributed by atoms with Crippen molar-refractivity contribution in [1.29, 1.82) is 0 Å². The average Bonchev–Trinajstić information content (AvgIpc) is 2.84. The number of carbonyl (C=O) groups is 1. The number of nitrogens with zero attached hydrogens (tertiary/aromatic N) is 1. The third-order valence-corrected chi connectivity index (χ3v) is 4.16. The third-order valence-electron chi connectivity index (χ3n) is 3.04. The molecule has 0 spiro atoms. The first-order valence-corrected chi connectivity index (χ1v) is 6.50. The fraction of sp³-hybridized carbons (Fsp3) is 0.583. The highest BCUT2D eigenvalue weighted by molar-refractivity contribution is 7.12. The van der Waals surface area contributed by atoms with Crippen LogP contribution in [0.25, 0.3) is 0 Å². The Morgan fingerprint density at radius 1 is 1.50 bits per heavy atom. The monoisotopic (exact) mass is 239 g/mol. The smallest absolute Gasteiger partial charge is 0.313 e. The van der Waals surface area contributed by atoms with Gasteiger partial charge in [-0.05, 0) is 45.0 Å². The summed E-state index contributed by atoms with van der Waals surface area (Å²) in [6.45, 7) is 4.78. The number of thiophene rings is 1. The molecular weight excluding hydrogens is 222 g/mol. The number of hydrogen-bond acceptors (Lipinski definition) is 3. The van der Waals surface area contributed by atoms with E-state index in [9.17, 15) is 9.90 Å². The Bertz CT molecular complexity index is 369. The minimum Gasteiger partial charge on any atom is -0.481 e. The van der Waals surface area contributed by atoms with Gasteiger partial charge in [-0.15, -0.1) is 11.3 Å². The molecule has 2 rings (SSSR count). The molecule has 88 valence electrons. The summed E-state index contributed by atoms with van der Waals surface area (Å²) in [6, 6.07) is 3.95. The van der Waals surface area contributed by atoms with E-state index < -0.39 is 5.97 Å². The van der Waals surface area contributed by atoms with Gasteiger partial charge in [-0.1, -0.05) is 0 Å². The molecule has 0 aliphatic carbocycles. The fourth-order valence-electron chi connectivity index (χ4n) is 2.15. The van der Waals surface area contributed by atoms with E-state index in [1.54, 1.807) is 11.3 Å². The van der Waals surface area contributed by atoms with Gasteiger partial charge in [0.2, 0.25) is 0 Å². The predicted octanol–water partition coefficient (Wildman–Crippen LogP) is 2.32. The van der Waals surface area contributed by atoms with Gasteiger partial charge in [0.1, 0.15) is 5.92 Å². The molecule has 1 aromatic rings. The largest absolute Gasteiger partial charge is 0.481 e. The van der Waals surface area contributed by atoms with E-state index in [0.717, 1.165) is 18.0 Å². The number of carboxylic acids is 1. The predicted molar refractivity (Wildman–Crippen MR) is 65.1 cm³/mol. The van der Waals surface area contributed by atoms with E-state index in [2.05, 4.69) is 4.90 Å². The molecule has 0 radical (unpaired) electrons. The Morgan fingerprint density at radius 2 is 2.19 bits per heavy atom. The van der Waals surface area contributed by atoms with E-state index in [1.807, 2.05) is 19.1 Å². The summed E-state index contributed by atoms with van der Waals surface area (Å²) >= 11 is 1.60. The Kier molecular flexibility index (Phi) is 3.61. The van der Waals surface area contributed by atoms with Crippen LogP contribution in [0, 0.1) is 6.92 Å². The lowest BCUT2D eigenvalue weighted by Crippen LogP contribution is -2.29. The molecule has 3 nitrogen and oxygen atoms in total. The Hall–Kier alpha value is -0.870. The van der Waals surface area contributed by atoms with Crippen LogP contribution in [0.4, 0.5) is 0 Å². The molecule has 2 heterocycles. The summed E-state index contributed by atoms with van der Waals surface area (Å²) in [5, 5.41) is 9.28. The minimum absolute atomic E-state index is 0.350. The van der Waals surface area contributed by atoms with Crippen LogP contribution in [-0.2, 0) is 4.79 Å². The van der Waals surface area contributed by atoms with Gasteiger partial charge in [0.25, 0.3) is 0 Å². The number of hydrogen-bond donors (Lipinski definition) is 1. The normalized spacial score (nSPS) is 18.8. The molecule has 1 atom stereocenters. The summed E-state index contributed by atoms with van der Waals surface area (Å²) in [4.78, 5) is 15.7. The van der Waals surface area contributed by atoms with Crippen molar-refractivity contribution < 1.29 is 9.90 Å². The quantitative estimate of drug-likeness (QED) is 0.876. The Morgan fingerprint density at radius 3 is 2.69 bits per heavy atom. The lowest BCUT2D eigenvalue weighted by Gasteiger charge is -2.19. The number of aliphatic carboxylic acids is 1. The number of carboxylic acid groups (broad SMARTS) is 1. The van der Waals surface area contributed by atoms with Crippen molar-refractivity contribution in [2.24, 2.45) is 0 Å². The van der Waals surface area contributed by atoms with Crippen molar-refractivity contribution >= 4 is 17.3 Å². The first kappa shape index (κ1) is 11.6. The molecule has 1 aliphatic rings. The van der Waals surface area contributed by atoms with Gasteiger partial charge in [-0.3, -0.25) is 4.79 Å². The van der Waals surface area contributed by atoms with Crippen molar-refractivity contribution in [2.45, 2.75) is 25.7 Å². The molecule has 1 N–H and O–H groups in total. The van der Waals surface area contributed by atoms with E-state index in [1.165, 1.54) is 17.7 Å². The van der Waals surface area contributed by atoms with E-state index in [4.69, 9.17) is 0 Å². The van der Waals surface area contributed by atoms with Crippen LogP contribution in [0.2, 0.25) is 0 Å². The fourth-order valence-corrected chi connectivity index (χ4v) is 3.12. The third kappa shape index (κ3) is 2.62. The van der Waals surface area contributed by atoms with E-state index in [-0.39, 0.29) is 5.92 Å². The average molecular weight is 239 g/mol. The summed E-state index contributed by atoms with van der Waals surface area (Å²) < 4.78 is 0. The van der Waals surface area contributed by atoms with Gasteiger partial charge in [0, 0.05) is 16.3 Å². The molecule has 1 aliphatic heterocycles. The number of likely N-dealkylation sites (tertiary alicyclic amines) is 1. The molecule has 1 fully saturated rings. The maximum atomic E-state index is 11.3. The van der Waals surface area contributed by atoms with Crippen molar-refractivity contribution in [2.75, 3.05) is 19.6 Å². The van der Waals surface area contributed by atoms with Crippen molar-refractivity contribution in [1.82, 2.24) is 4.90 Å². The lowest BCUT2D eigenvalue weighted by molar-refractivity contribution is -0.139. The molecule has 1 aromatic heterocycles. The molecular formula is C12H17NO2S. The highest BCUT2D eigenvalue weighted by atomic mass is 32.1. The van der Waals surface area contributed by atoms with Crippen molar-refractivity contribution in [3.05, 3.63) is 21.9 Å². The second-order valence-electron chi connectivity index (χ2n) is 4.35. The SMILES string of the molecule is Cc1ccc(C(CN2CCCC2)C(=O)O)s1. The van der Waals surface area contributed by atoms with Crippen LogP contribution in [0.3, 0.4) is 0 Å². The van der Waals surface area contributed by atoms with Crippen molar-refractivity contribution in [3.63, 3.8) is 0 Å². The summed E-state index contributed by atoms with van der Waals surface area (Å²) in [5.41, 5.74) is 0. The molecule has 1 unspecified atom stereocenters. The Balaban J connectivity index is 2.07. The zero-order chi connectivity index (χ0) is 11.5. The van der Waals surface area contributed by atoms with Gasteiger partial charge >= 0.3 is 5.97 Å². The zero-order valence-corrected chi connectivity index (χ0v) is 10.3. The zero-order valence-electron chi connectivity index (χ0n) is 9.48. The standard InChI is InChI=1S/C12H17NO2S/c1-9-4-5-11(16-9)10(12(14)15)8-13-6-2-3-7-13/h4-5,10H,2-3,6-8H2,1H3,(H,14,15). The van der Waals surface area contributed by atoms with E-state index >= 15 is 0 Å². The van der Waals surface area contributed by atoms with Gasteiger partial charge in [0.05, 0.1) is 0 Å². The molecule has 4 heteroatoms. The van der Waals surface area contributed by atoms with Crippen LogP contribution in [0.15, 0.2) is 12.1 Å². The van der Waals surface area contributed by atoms with E-state index in [0.29, 0.717) is 6.54 Å². The van der Waals surface area contributed by atoms with Gasteiger partial charge in [0.15, 0.2) is 0 Å². The van der Waals surface area contributed by atoms with Crippen LogP contribution in [-0.4, -0.2) is 35.6 Å². The maximum Gasteiger partial charge on any atom is 0.313 e. The molecule has 1 saturated heterocycles. The van der Waals surface area contributed by atoms with Crippen LogP contribution in [0.1, 0.15) is 28.5 Å². The first-order chi connectivity index (χ1) is 7.66.